The van der Waals surface area contributed by atoms with Crippen molar-refractivity contribution in [3.63, 3.8) is 0 Å². The van der Waals surface area contributed by atoms with Crippen molar-refractivity contribution in [2.75, 3.05) is 32.7 Å². The Balaban J connectivity index is 1.58. The normalized spacial score (nSPS) is 14.8. The molecule has 140 valence electrons. The fourth-order valence-electron chi connectivity index (χ4n) is 3.44. The molecule has 0 radical (unpaired) electrons. The Hall–Kier alpha value is -2.91. The summed E-state index contributed by atoms with van der Waals surface area (Å²) < 4.78 is 2.03. The summed E-state index contributed by atoms with van der Waals surface area (Å²) in [6.45, 7) is 6.82. The van der Waals surface area contributed by atoms with Crippen LogP contribution in [-0.2, 0) is 7.05 Å². The Kier molecular flexibility index (Phi) is 5.43. The van der Waals surface area contributed by atoms with Crippen LogP contribution in [0.25, 0.3) is 0 Å². The predicted octanol–water partition coefficient (Wildman–Crippen LogP) is 2.15. The molecule has 0 N–H and O–H groups in total. The van der Waals surface area contributed by atoms with Crippen LogP contribution in [-0.4, -0.2) is 58.8 Å². The highest BCUT2D eigenvalue weighted by Crippen LogP contribution is 2.16. The van der Waals surface area contributed by atoms with Gasteiger partial charge in [-0.3, -0.25) is 14.5 Å². The first kappa shape index (κ1) is 18.9. The molecule has 6 nitrogen and oxygen atoms in total. The summed E-state index contributed by atoms with van der Waals surface area (Å²) in [6.07, 6.45) is 0. The molecule has 27 heavy (non-hydrogen) atoms. The molecule has 0 aliphatic carbocycles. The number of piperazine rings is 1. The number of aryl methyl sites for hydroxylation is 1. The van der Waals surface area contributed by atoms with E-state index in [1.165, 1.54) is 0 Å². The highest BCUT2D eigenvalue weighted by atomic mass is 16.2. The third kappa shape index (κ3) is 3.93. The van der Waals surface area contributed by atoms with Crippen LogP contribution in [0.4, 0.5) is 0 Å². The monoisotopic (exact) mass is 364 g/mol. The van der Waals surface area contributed by atoms with Crippen molar-refractivity contribution in [3.05, 3.63) is 58.4 Å². The van der Waals surface area contributed by atoms with Gasteiger partial charge in [-0.2, -0.15) is 5.26 Å². The minimum Gasteiger partial charge on any atom is -0.351 e. The zero-order chi connectivity index (χ0) is 19.6. The van der Waals surface area contributed by atoms with Crippen molar-refractivity contribution in [1.82, 2.24) is 14.4 Å². The maximum Gasteiger partial charge on any atom is 0.253 e. The largest absolute Gasteiger partial charge is 0.351 e. The van der Waals surface area contributed by atoms with Crippen molar-refractivity contribution >= 4 is 11.7 Å². The van der Waals surface area contributed by atoms with Gasteiger partial charge < -0.3 is 9.47 Å². The molecular weight excluding hydrogens is 340 g/mol. The standard InChI is InChI=1S/C21H24N4O2/c1-15-11-19(16(2)23(15)3)20(26)14-24-7-9-25(10-8-24)21(27)18-6-4-5-17(12-18)13-22/h4-6,11-12H,7-10,14H2,1-3H3. The van der Waals surface area contributed by atoms with Crippen LogP contribution in [0.15, 0.2) is 30.3 Å². The molecule has 0 atom stereocenters. The molecule has 1 amide bonds. The number of carbonyl (C=O) groups excluding carboxylic acids is 2. The minimum atomic E-state index is -0.0624. The fourth-order valence-corrected chi connectivity index (χ4v) is 3.44. The number of ketones is 1. The number of amides is 1. The van der Waals surface area contributed by atoms with Gasteiger partial charge in [-0.05, 0) is 38.1 Å². The molecule has 0 saturated carbocycles. The second-order valence-electron chi connectivity index (χ2n) is 7.03. The summed E-state index contributed by atoms with van der Waals surface area (Å²) in [7, 11) is 1.97. The van der Waals surface area contributed by atoms with Gasteiger partial charge in [0, 0.05) is 55.7 Å². The van der Waals surface area contributed by atoms with Gasteiger partial charge in [-0.25, -0.2) is 0 Å². The first-order chi connectivity index (χ1) is 12.9. The van der Waals surface area contributed by atoms with E-state index in [0.29, 0.717) is 43.9 Å². The molecule has 0 bridgehead atoms. The van der Waals surface area contributed by atoms with E-state index in [1.807, 2.05) is 31.5 Å². The number of nitrogens with zero attached hydrogens (tertiary/aromatic N) is 4. The third-order valence-electron chi connectivity index (χ3n) is 5.34. The molecule has 1 aromatic carbocycles. The summed E-state index contributed by atoms with van der Waals surface area (Å²) in [5.74, 6) is 0.0605. The molecule has 1 aliphatic rings. The van der Waals surface area contributed by atoms with Gasteiger partial charge in [0.15, 0.2) is 5.78 Å². The van der Waals surface area contributed by atoms with Gasteiger partial charge in [0.1, 0.15) is 0 Å². The van der Waals surface area contributed by atoms with Crippen molar-refractivity contribution < 1.29 is 9.59 Å². The summed E-state index contributed by atoms with van der Waals surface area (Å²) in [5.41, 5.74) is 3.86. The molecule has 1 aromatic heterocycles. The first-order valence-corrected chi connectivity index (χ1v) is 9.08. The molecule has 3 rings (SSSR count). The topological polar surface area (TPSA) is 69.3 Å². The van der Waals surface area contributed by atoms with Crippen molar-refractivity contribution in [3.8, 4) is 6.07 Å². The van der Waals surface area contributed by atoms with Crippen LogP contribution in [0.1, 0.15) is 37.7 Å². The highest BCUT2D eigenvalue weighted by Gasteiger charge is 2.24. The first-order valence-electron chi connectivity index (χ1n) is 9.08. The number of hydrogen-bond acceptors (Lipinski definition) is 4. The summed E-state index contributed by atoms with van der Waals surface area (Å²) in [4.78, 5) is 29.2. The predicted molar refractivity (Wildman–Crippen MR) is 103 cm³/mol. The van der Waals surface area contributed by atoms with E-state index in [9.17, 15) is 9.59 Å². The molecule has 6 heteroatoms. The fraction of sp³-hybridized carbons (Fsp3) is 0.381. The van der Waals surface area contributed by atoms with Crippen LogP contribution >= 0.6 is 0 Å². The number of carbonyl (C=O) groups is 2. The van der Waals surface area contributed by atoms with Crippen molar-refractivity contribution in [2.45, 2.75) is 13.8 Å². The Morgan fingerprint density at radius 2 is 1.81 bits per heavy atom. The number of benzene rings is 1. The van der Waals surface area contributed by atoms with Gasteiger partial charge in [0.05, 0.1) is 18.2 Å². The van der Waals surface area contributed by atoms with Gasteiger partial charge in [-0.15, -0.1) is 0 Å². The van der Waals surface area contributed by atoms with Gasteiger partial charge in [-0.1, -0.05) is 6.07 Å². The van der Waals surface area contributed by atoms with E-state index < -0.39 is 0 Å². The molecule has 2 aromatic rings. The third-order valence-corrected chi connectivity index (χ3v) is 5.34. The smallest absolute Gasteiger partial charge is 0.253 e. The average Bonchev–Trinajstić information content (AvgIpc) is 2.95. The maximum atomic E-state index is 12.6. The number of aromatic nitrogens is 1. The number of hydrogen-bond donors (Lipinski definition) is 0. The lowest BCUT2D eigenvalue weighted by Crippen LogP contribution is -2.49. The SMILES string of the molecule is Cc1cc(C(=O)CN2CCN(C(=O)c3cccc(C#N)c3)CC2)c(C)n1C. The Bertz CT molecular complexity index is 915. The van der Waals surface area contributed by atoms with Gasteiger partial charge >= 0.3 is 0 Å². The number of Topliss-reactive ketones (excluding diaryl/α,β-unsaturated/α-hetero) is 1. The molecule has 2 heterocycles. The zero-order valence-corrected chi connectivity index (χ0v) is 16.0. The van der Waals surface area contributed by atoms with Crippen molar-refractivity contribution in [2.24, 2.45) is 7.05 Å². The van der Waals surface area contributed by atoms with E-state index in [1.54, 1.807) is 29.2 Å². The van der Waals surface area contributed by atoms with E-state index in [2.05, 4.69) is 11.0 Å². The maximum absolute atomic E-state index is 12.6. The van der Waals surface area contributed by atoms with Crippen LogP contribution in [0.2, 0.25) is 0 Å². The summed E-state index contributed by atoms with van der Waals surface area (Å²) >= 11 is 0. The second kappa shape index (κ2) is 7.77. The lowest BCUT2D eigenvalue weighted by atomic mass is 10.1. The molecule has 1 saturated heterocycles. The minimum absolute atomic E-state index is 0.0624. The molecule has 1 aliphatic heterocycles. The zero-order valence-electron chi connectivity index (χ0n) is 16.0. The molecule has 1 fully saturated rings. The Morgan fingerprint density at radius 3 is 2.41 bits per heavy atom. The number of rotatable bonds is 4. The average molecular weight is 364 g/mol. The van der Waals surface area contributed by atoms with Crippen LogP contribution in [0.5, 0.6) is 0 Å². The van der Waals surface area contributed by atoms with E-state index in [-0.39, 0.29) is 11.7 Å². The van der Waals surface area contributed by atoms with E-state index in [0.717, 1.165) is 17.0 Å². The quantitative estimate of drug-likeness (QED) is 0.780. The Labute approximate surface area is 159 Å². The number of nitriles is 1. The van der Waals surface area contributed by atoms with Crippen molar-refractivity contribution in [1.29, 1.82) is 5.26 Å². The summed E-state index contributed by atoms with van der Waals surface area (Å²) in [5, 5.41) is 8.99. The molecule has 0 unspecified atom stereocenters. The van der Waals surface area contributed by atoms with E-state index in [4.69, 9.17) is 5.26 Å². The lowest BCUT2D eigenvalue weighted by molar-refractivity contribution is 0.0624. The van der Waals surface area contributed by atoms with Gasteiger partial charge in [0.25, 0.3) is 5.91 Å². The van der Waals surface area contributed by atoms with Crippen LogP contribution < -0.4 is 0 Å². The Morgan fingerprint density at radius 1 is 1.11 bits per heavy atom. The van der Waals surface area contributed by atoms with Crippen LogP contribution in [0.3, 0.4) is 0 Å². The lowest BCUT2D eigenvalue weighted by Gasteiger charge is -2.34. The van der Waals surface area contributed by atoms with Gasteiger partial charge in [0.2, 0.25) is 0 Å². The second-order valence-corrected chi connectivity index (χ2v) is 7.03. The molecule has 0 spiro atoms. The molecular formula is C21H24N4O2. The van der Waals surface area contributed by atoms with Crippen LogP contribution in [0, 0.1) is 25.2 Å². The van der Waals surface area contributed by atoms with E-state index >= 15 is 0 Å². The highest BCUT2D eigenvalue weighted by molar-refractivity contribution is 5.99. The summed E-state index contributed by atoms with van der Waals surface area (Å²) in [6, 6.07) is 10.8.